The number of halogens is 3. The van der Waals surface area contributed by atoms with Gasteiger partial charge in [0.1, 0.15) is 0 Å². The first-order chi connectivity index (χ1) is 9.71. The minimum atomic E-state index is -4.52. The van der Waals surface area contributed by atoms with Crippen LogP contribution >= 0.6 is 0 Å². The zero-order valence-electron chi connectivity index (χ0n) is 11.9. The van der Waals surface area contributed by atoms with Crippen LogP contribution in [0.3, 0.4) is 0 Å². The fourth-order valence-corrected chi connectivity index (χ4v) is 2.35. The second kappa shape index (κ2) is 5.48. The number of alkyl halides is 3. The van der Waals surface area contributed by atoms with Crippen LogP contribution in [0, 0.1) is 13.8 Å². The third-order valence-corrected chi connectivity index (χ3v) is 3.57. The molecule has 21 heavy (non-hydrogen) atoms. The molecule has 0 aliphatic rings. The molecule has 2 rings (SSSR count). The van der Waals surface area contributed by atoms with Gasteiger partial charge in [-0.2, -0.15) is 18.3 Å². The van der Waals surface area contributed by atoms with Crippen LogP contribution in [0.5, 0.6) is 0 Å². The van der Waals surface area contributed by atoms with Crippen LogP contribution in [-0.2, 0) is 19.6 Å². The van der Waals surface area contributed by atoms with Gasteiger partial charge >= 0.3 is 6.18 Å². The Labute approximate surface area is 120 Å². The number of pyridine rings is 1. The summed E-state index contributed by atoms with van der Waals surface area (Å²) in [5, 5.41) is 14.4. The monoisotopic (exact) mass is 299 g/mol. The molecule has 0 fully saturated rings. The second-order valence-electron chi connectivity index (χ2n) is 4.95. The van der Waals surface area contributed by atoms with Crippen LogP contribution in [0.15, 0.2) is 18.5 Å². The van der Waals surface area contributed by atoms with Crippen LogP contribution in [0.1, 0.15) is 34.2 Å². The van der Waals surface area contributed by atoms with E-state index in [-0.39, 0.29) is 12.0 Å². The molecular formula is C14H16F3N3O. The van der Waals surface area contributed by atoms with Crippen molar-refractivity contribution in [3.8, 4) is 0 Å². The van der Waals surface area contributed by atoms with Gasteiger partial charge in [-0.3, -0.25) is 9.67 Å². The van der Waals surface area contributed by atoms with Crippen LogP contribution in [0.25, 0.3) is 0 Å². The van der Waals surface area contributed by atoms with E-state index in [1.807, 2.05) is 6.92 Å². The zero-order chi connectivity index (χ0) is 15.8. The lowest BCUT2D eigenvalue weighted by Gasteiger charge is -2.17. The largest absolute Gasteiger partial charge is 0.416 e. The van der Waals surface area contributed by atoms with Gasteiger partial charge in [0.2, 0.25) is 0 Å². The summed E-state index contributed by atoms with van der Waals surface area (Å²) < 4.78 is 40.5. The number of aryl methyl sites for hydroxylation is 2. The number of aromatic nitrogens is 3. The maximum absolute atomic E-state index is 13.0. The summed E-state index contributed by atoms with van der Waals surface area (Å²) in [7, 11) is 1.75. The Balaban J connectivity index is 2.35. The van der Waals surface area contributed by atoms with E-state index >= 15 is 0 Å². The Morgan fingerprint density at radius 3 is 2.52 bits per heavy atom. The van der Waals surface area contributed by atoms with Crippen LogP contribution in [-0.4, -0.2) is 19.9 Å². The molecule has 1 unspecified atom stereocenters. The zero-order valence-corrected chi connectivity index (χ0v) is 11.9. The molecule has 2 heterocycles. The Morgan fingerprint density at radius 1 is 1.33 bits per heavy atom. The molecule has 2 aromatic heterocycles. The molecule has 0 aromatic carbocycles. The summed E-state index contributed by atoms with van der Waals surface area (Å²) in [4.78, 5) is 3.69. The lowest BCUT2D eigenvalue weighted by Crippen LogP contribution is -2.14. The van der Waals surface area contributed by atoms with E-state index in [1.165, 1.54) is 0 Å². The van der Waals surface area contributed by atoms with Crippen molar-refractivity contribution in [1.82, 2.24) is 14.8 Å². The smallest absolute Gasteiger partial charge is 0.388 e. The summed E-state index contributed by atoms with van der Waals surface area (Å²) in [5.41, 5.74) is 1.20. The molecule has 0 bridgehead atoms. The predicted molar refractivity (Wildman–Crippen MR) is 70.6 cm³/mol. The minimum Gasteiger partial charge on any atom is -0.388 e. The van der Waals surface area contributed by atoms with E-state index in [2.05, 4.69) is 10.1 Å². The average Bonchev–Trinajstić information content (AvgIpc) is 2.64. The third kappa shape index (κ3) is 3.07. The van der Waals surface area contributed by atoms with Crippen molar-refractivity contribution < 1.29 is 18.3 Å². The van der Waals surface area contributed by atoms with E-state index < -0.39 is 17.8 Å². The topological polar surface area (TPSA) is 50.9 Å². The molecule has 0 spiro atoms. The normalized spacial score (nSPS) is 13.5. The number of aliphatic hydroxyl groups is 1. The summed E-state index contributed by atoms with van der Waals surface area (Å²) in [6.45, 7) is 3.58. The highest BCUT2D eigenvalue weighted by Gasteiger charge is 2.35. The highest BCUT2D eigenvalue weighted by molar-refractivity contribution is 5.32. The maximum atomic E-state index is 13.0. The van der Waals surface area contributed by atoms with Gasteiger partial charge in [0.25, 0.3) is 0 Å². The lowest BCUT2D eigenvalue weighted by molar-refractivity contribution is -0.139. The summed E-state index contributed by atoms with van der Waals surface area (Å²) in [6, 6.07) is 0.876. The van der Waals surface area contributed by atoms with E-state index in [0.29, 0.717) is 5.69 Å². The van der Waals surface area contributed by atoms with E-state index in [4.69, 9.17) is 0 Å². The summed E-state index contributed by atoms with van der Waals surface area (Å²) >= 11 is 0. The fourth-order valence-electron chi connectivity index (χ4n) is 2.35. The van der Waals surface area contributed by atoms with Gasteiger partial charge in [-0.1, -0.05) is 0 Å². The Kier molecular flexibility index (Phi) is 4.04. The fraction of sp³-hybridized carbons (Fsp3) is 0.429. The van der Waals surface area contributed by atoms with Crippen molar-refractivity contribution >= 4 is 0 Å². The molecule has 114 valence electrons. The summed E-state index contributed by atoms with van der Waals surface area (Å²) in [6.07, 6.45) is -3.59. The van der Waals surface area contributed by atoms with Gasteiger partial charge in [-0.05, 0) is 25.5 Å². The lowest BCUT2D eigenvalue weighted by atomic mass is 9.97. The number of hydrogen-bond acceptors (Lipinski definition) is 3. The van der Waals surface area contributed by atoms with Gasteiger partial charge < -0.3 is 5.11 Å². The maximum Gasteiger partial charge on any atom is 0.416 e. The first-order valence-corrected chi connectivity index (χ1v) is 6.40. The van der Waals surface area contributed by atoms with Crippen LogP contribution < -0.4 is 0 Å². The van der Waals surface area contributed by atoms with Gasteiger partial charge in [-0.15, -0.1) is 0 Å². The third-order valence-electron chi connectivity index (χ3n) is 3.57. The van der Waals surface area contributed by atoms with Crippen molar-refractivity contribution in [2.45, 2.75) is 32.5 Å². The van der Waals surface area contributed by atoms with Crippen LogP contribution in [0.2, 0.25) is 0 Å². The van der Waals surface area contributed by atoms with Gasteiger partial charge in [0, 0.05) is 37.1 Å². The molecule has 1 atom stereocenters. The van der Waals surface area contributed by atoms with Gasteiger partial charge in [0.05, 0.1) is 17.4 Å². The predicted octanol–water partition coefficient (Wildman–Crippen LogP) is 2.73. The Bertz CT molecular complexity index is 649. The minimum absolute atomic E-state index is 0.0697. The van der Waals surface area contributed by atoms with E-state index in [1.54, 1.807) is 18.7 Å². The standard InChI is InChI=1S/C14H16F3N3O/c1-8-10(9(2)20(3)19-8)6-13(21)11-7-18-5-4-12(11)14(15,16)17/h4-5,7,13,21H,6H2,1-3H3. The molecule has 0 aliphatic heterocycles. The Morgan fingerprint density at radius 2 is 2.00 bits per heavy atom. The van der Waals surface area contributed by atoms with Crippen LogP contribution in [0.4, 0.5) is 13.2 Å². The molecule has 1 N–H and O–H groups in total. The first kappa shape index (κ1) is 15.5. The highest BCUT2D eigenvalue weighted by Crippen LogP contribution is 2.35. The van der Waals surface area contributed by atoms with E-state index in [9.17, 15) is 18.3 Å². The van der Waals surface area contributed by atoms with Crippen molar-refractivity contribution in [2.75, 3.05) is 0 Å². The number of nitrogens with zero attached hydrogens (tertiary/aromatic N) is 3. The molecule has 2 aromatic rings. The molecule has 4 nitrogen and oxygen atoms in total. The quantitative estimate of drug-likeness (QED) is 0.948. The van der Waals surface area contributed by atoms with Crippen molar-refractivity contribution in [2.24, 2.45) is 7.05 Å². The Hall–Kier alpha value is -1.89. The molecule has 7 heteroatoms. The highest BCUT2D eigenvalue weighted by atomic mass is 19.4. The number of hydrogen-bond donors (Lipinski definition) is 1. The molecule has 0 aliphatic carbocycles. The molecular weight excluding hydrogens is 283 g/mol. The van der Waals surface area contributed by atoms with Gasteiger partial charge in [0.15, 0.2) is 0 Å². The second-order valence-corrected chi connectivity index (χ2v) is 4.95. The van der Waals surface area contributed by atoms with Crippen molar-refractivity contribution in [3.05, 3.63) is 46.5 Å². The first-order valence-electron chi connectivity index (χ1n) is 6.40. The molecule has 0 radical (unpaired) electrons. The SMILES string of the molecule is Cc1nn(C)c(C)c1CC(O)c1cnccc1C(F)(F)F. The van der Waals surface area contributed by atoms with Crippen molar-refractivity contribution in [1.29, 1.82) is 0 Å². The average molecular weight is 299 g/mol. The van der Waals surface area contributed by atoms with Gasteiger partial charge in [-0.25, -0.2) is 0 Å². The molecule has 0 saturated heterocycles. The molecule has 0 saturated carbocycles. The van der Waals surface area contributed by atoms with Crippen molar-refractivity contribution in [3.63, 3.8) is 0 Å². The van der Waals surface area contributed by atoms with E-state index in [0.717, 1.165) is 29.7 Å². The number of rotatable bonds is 3. The summed E-state index contributed by atoms with van der Waals surface area (Å²) in [5.74, 6) is 0. The number of aliphatic hydroxyl groups excluding tert-OH is 1. The molecule has 0 amide bonds.